The van der Waals surface area contributed by atoms with Crippen LogP contribution in [0.5, 0.6) is 11.6 Å². The van der Waals surface area contributed by atoms with Crippen molar-refractivity contribution in [1.29, 1.82) is 0 Å². The van der Waals surface area contributed by atoms with Crippen molar-refractivity contribution in [2.45, 2.75) is 6.42 Å². The van der Waals surface area contributed by atoms with Gasteiger partial charge in [-0.25, -0.2) is 0 Å². The van der Waals surface area contributed by atoms with Crippen molar-refractivity contribution in [3.8, 4) is 23.5 Å². The molecule has 0 unspecified atom stereocenters. The zero-order valence-electron chi connectivity index (χ0n) is 14.4. The third kappa shape index (κ3) is 5.15. The second-order valence-electron chi connectivity index (χ2n) is 5.15. The van der Waals surface area contributed by atoms with Gasteiger partial charge in [0, 0.05) is 13.2 Å². The monoisotopic (exact) mass is 339 g/mol. The molecule has 0 spiro atoms. The van der Waals surface area contributed by atoms with Crippen molar-refractivity contribution >= 4 is 5.91 Å². The summed E-state index contributed by atoms with van der Waals surface area (Å²) >= 11 is 0. The van der Waals surface area contributed by atoms with E-state index in [1.54, 1.807) is 13.2 Å². The van der Waals surface area contributed by atoms with Crippen LogP contribution in [-0.4, -0.2) is 35.9 Å². The molecule has 0 bridgehead atoms. The summed E-state index contributed by atoms with van der Waals surface area (Å²) < 4.78 is 12.2. The van der Waals surface area contributed by atoms with E-state index in [1.807, 2.05) is 30.3 Å². The van der Waals surface area contributed by atoms with E-state index in [9.17, 15) is 4.79 Å². The largest absolute Gasteiger partial charge is 0.481 e. The van der Waals surface area contributed by atoms with E-state index in [-0.39, 0.29) is 24.9 Å². The lowest BCUT2D eigenvalue weighted by Gasteiger charge is -2.07. The molecule has 0 aliphatic heterocycles. The molecule has 1 heterocycles. The molecular formula is C19H21N3O3. The molecule has 1 aromatic carbocycles. The van der Waals surface area contributed by atoms with Crippen molar-refractivity contribution in [2.24, 2.45) is 7.05 Å². The Bertz CT molecular complexity index is 800. The molecule has 1 N–H and O–H groups in total. The summed E-state index contributed by atoms with van der Waals surface area (Å²) in [6, 6.07) is 7.76. The highest BCUT2D eigenvalue weighted by Gasteiger charge is 2.15. The van der Waals surface area contributed by atoms with Crippen molar-refractivity contribution in [2.75, 3.05) is 20.3 Å². The summed E-state index contributed by atoms with van der Waals surface area (Å²) in [4.78, 5) is 12.1. The number of ether oxygens (including phenoxy) is 2. The molecule has 0 aliphatic rings. The molecule has 130 valence electrons. The standard InChI is InChI=1S/C19H21N3O3/c1-4-9-15-10-5-6-11-17(15)25-13-8-7-12-20-18(23)16-14-22(2)21-19(16)24-3/h4-6,10-11,14H,1,9,12-13H2,2-3H3,(H,20,23). The molecule has 1 amide bonds. The number of hydrogen-bond donors (Lipinski definition) is 1. The third-order valence-corrected chi connectivity index (χ3v) is 3.33. The number of hydrogen-bond acceptors (Lipinski definition) is 4. The number of methoxy groups -OCH3 is 1. The minimum Gasteiger partial charge on any atom is -0.481 e. The fourth-order valence-corrected chi connectivity index (χ4v) is 2.19. The molecule has 0 fully saturated rings. The van der Waals surface area contributed by atoms with Crippen molar-refractivity contribution in [3.05, 3.63) is 54.2 Å². The lowest BCUT2D eigenvalue weighted by atomic mass is 10.1. The summed E-state index contributed by atoms with van der Waals surface area (Å²) in [5, 5.41) is 6.74. The van der Waals surface area contributed by atoms with E-state index in [2.05, 4.69) is 28.8 Å². The fourth-order valence-electron chi connectivity index (χ4n) is 2.19. The predicted molar refractivity (Wildman–Crippen MR) is 95.7 cm³/mol. The Morgan fingerprint density at radius 3 is 2.96 bits per heavy atom. The zero-order valence-corrected chi connectivity index (χ0v) is 14.4. The maximum atomic E-state index is 12.1. The summed E-state index contributed by atoms with van der Waals surface area (Å²) in [6.45, 7) is 4.20. The lowest BCUT2D eigenvalue weighted by Crippen LogP contribution is -2.23. The van der Waals surface area contributed by atoms with Crippen LogP contribution in [0.15, 0.2) is 43.1 Å². The summed E-state index contributed by atoms with van der Waals surface area (Å²) in [7, 11) is 3.20. The maximum absolute atomic E-state index is 12.1. The average Bonchev–Trinajstić information content (AvgIpc) is 3.00. The first-order valence-electron chi connectivity index (χ1n) is 7.79. The number of carbonyl (C=O) groups excluding carboxylic acids is 1. The highest BCUT2D eigenvalue weighted by Crippen LogP contribution is 2.18. The Labute approximate surface area is 147 Å². The van der Waals surface area contributed by atoms with Gasteiger partial charge < -0.3 is 14.8 Å². The topological polar surface area (TPSA) is 65.4 Å². The third-order valence-electron chi connectivity index (χ3n) is 3.33. The van der Waals surface area contributed by atoms with Gasteiger partial charge in [-0.15, -0.1) is 11.7 Å². The van der Waals surface area contributed by atoms with Crippen molar-refractivity contribution in [3.63, 3.8) is 0 Å². The molecule has 0 atom stereocenters. The summed E-state index contributed by atoms with van der Waals surface area (Å²) in [5.74, 6) is 6.53. The van der Waals surface area contributed by atoms with E-state index < -0.39 is 0 Å². The highest BCUT2D eigenvalue weighted by molar-refractivity contribution is 5.96. The second kappa shape index (κ2) is 9.18. The van der Waals surface area contributed by atoms with Crippen LogP contribution in [0.1, 0.15) is 15.9 Å². The molecule has 0 aliphatic carbocycles. The first kappa shape index (κ1) is 18.1. The van der Waals surface area contributed by atoms with Crippen LogP contribution in [0.2, 0.25) is 0 Å². The molecule has 1 aromatic heterocycles. The van der Waals surface area contributed by atoms with Crippen molar-refractivity contribution < 1.29 is 14.3 Å². The molecular weight excluding hydrogens is 318 g/mol. The number of aryl methyl sites for hydroxylation is 1. The lowest BCUT2D eigenvalue weighted by molar-refractivity contribution is 0.0955. The number of allylic oxidation sites excluding steroid dienone is 1. The highest BCUT2D eigenvalue weighted by atomic mass is 16.5. The first-order valence-corrected chi connectivity index (χ1v) is 7.79. The Kier molecular flexibility index (Phi) is 6.66. The number of rotatable bonds is 7. The SMILES string of the molecule is C=CCc1ccccc1OCC#CCNC(=O)c1cn(C)nc1OC. The van der Waals surface area contributed by atoms with Crippen LogP contribution in [0.4, 0.5) is 0 Å². The molecule has 6 nitrogen and oxygen atoms in total. The quantitative estimate of drug-likeness (QED) is 0.619. The Balaban J connectivity index is 1.81. The van der Waals surface area contributed by atoms with Gasteiger partial charge in [-0.1, -0.05) is 36.1 Å². The molecule has 0 saturated heterocycles. The van der Waals surface area contributed by atoms with Gasteiger partial charge in [0.05, 0.1) is 13.7 Å². The molecule has 2 rings (SSSR count). The number of amides is 1. The van der Waals surface area contributed by atoms with E-state index >= 15 is 0 Å². The Morgan fingerprint density at radius 2 is 2.20 bits per heavy atom. The van der Waals surface area contributed by atoms with Gasteiger partial charge >= 0.3 is 0 Å². The number of nitrogens with zero attached hydrogens (tertiary/aromatic N) is 2. The summed E-state index contributed by atoms with van der Waals surface area (Å²) in [6.07, 6.45) is 4.17. The molecule has 2 aromatic rings. The van der Waals surface area contributed by atoms with Gasteiger partial charge in [-0.2, -0.15) is 0 Å². The van der Waals surface area contributed by atoms with Gasteiger partial charge in [-0.05, 0) is 18.1 Å². The normalized spacial score (nSPS) is 9.68. The van der Waals surface area contributed by atoms with Crippen LogP contribution in [0, 0.1) is 11.8 Å². The average molecular weight is 339 g/mol. The Morgan fingerprint density at radius 1 is 1.40 bits per heavy atom. The number of para-hydroxylation sites is 1. The maximum Gasteiger partial charge on any atom is 0.259 e. The minimum absolute atomic E-state index is 0.217. The van der Waals surface area contributed by atoms with Gasteiger partial charge in [0.25, 0.3) is 5.91 Å². The molecule has 25 heavy (non-hydrogen) atoms. The van der Waals surface area contributed by atoms with E-state index in [1.165, 1.54) is 11.8 Å². The molecule has 6 heteroatoms. The smallest absolute Gasteiger partial charge is 0.259 e. The van der Waals surface area contributed by atoms with Gasteiger partial charge in [0.2, 0.25) is 5.88 Å². The van der Waals surface area contributed by atoms with Crippen LogP contribution < -0.4 is 14.8 Å². The predicted octanol–water partition coefficient (Wildman–Crippen LogP) is 1.97. The van der Waals surface area contributed by atoms with Crippen LogP contribution in [-0.2, 0) is 13.5 Å². The van der Waals surface area contributed by atoms with E-state index in [0.717, 1.165) is 17.7 Å². The number of aromatic nitrogens is 2. The van der Waals surface area contributed by atoms with Crippen LogP contribution >= 0.6 is 0 Å². The van der Waals surface area contributed by atoms with Crippen LogP contribution in [0.25, 0.3) is 0 Å². The molecule has 0 saturated carbocycles. The second-order valence-corrected chi connectivity index (χ2v) is 5.15. The van der Waals surface area contributed by atoms with Gasteiger partial charge in [0.1, 0.15) is 17.9 Å². The minimum atomic E-state index is -0.281. The van der Waals surface area contributed by atoms with Crippen molar-refractivity contribution in [1.82, 2.24) is 15.1 Å². The van der Waals surface area contributed by atoms with Gasteiger partial charge in [-0.3, -0.25) is 9.48 Å². The zero-order chi connectivity index (χ0) is 18.1. The first-order chi connectivity index (χ1) is 12.2. The van der Waals surface area contributed by atoms with Gasteiger partial charge in [0.15, 0.2) is 0 Å². The Hall–Kier alpha value is -3.20. The number of nitrogens with one attached hydrogen (secondary N) is 1. The van der Waals surface area contributed by atoms with Crippen LogP contribution in [0.3, 0.4) is 0 Å². The summed E-state index contributed by atoms with van der Waals surface area (Å²) in [5.41, 5.74) is 1.44. The van der Waals surface area contributed by atoms with E-state index in [4.69, 9.17) is 9.47 Å². The molecule has 0 radical (unpaired) electrons. The number of benzene rings is 1. The fraction of sp³-hybridized carbons (Fsp3) is 0.263. The van der Waals surface area contributed by atoms with E-state index in [0.29, 0.717) is 5.56 Å². The number of carbonyl (C=O) groups is 1.